The third kappa shape index (κ3) is 4.69. The molecule has 170 valence electrons. The molecule has 2 N–H and O–H groups in total. The fourth-order valence-electron chi connectivity index (χ4n) is 3.84. The second-order valence-electron chi connectivity index (χ2n) is 7.75. The van der Waals surface area contributed by atoms with E-state index in [0.717, 1.165) is 4.40 Å². The Morgan fingerprint density at radius 3 is 2.53 bits per heavy atom. The van der Waals surface area contributed by atoms with Gasteiger partial charge in [-0.2, -0.15) is 17.6 Å². The first-order valence-corrected chi connectivity index (χ1v) is 10.2. The zero-order chi connectivity index (χ0) is 22.9. The van der Waals surface area contributed by atoms with Crippen LogP contribution in [0.25, 0.3) is 16.8 Å². The van der Waals surface area contributed by atoms with Crippen molar-refractivity contribution in [2.24, 2.45) is 0 Å². The molecule has 0 unspecified atom stereocenters. The average Bonchev–Trinajstić information content (AvgIpc) is 3.10. The molecular weight excluding hydrogens is 430 g/mol. The second-order valence-corrected chi connectivity index (χ2v) is 7.75. The fourth-order valence-corrected chi connectivity index (χ4v) is 3.84. The van der Waals surface area contributed by atoms with Gasteiger partial charge in [-0.15, -0.1) is 0 Å². The number of imidazole rings is 1. The number of carbonyl (C=O) groups excluding carboxylic acids is 1. The topological polar surface area (TPSA) is 75.9 Å². The number of benzene rings is 1. The van der Waals surface area contributed by atoms with Crippen LogP contribution in [0.4, 0.5) is 17.6 Å². The molecule has 0 atom stereocenters. The van der Waals surface area contributed by atoms with Gasteiger partial charge in [-0.3, -0.25) is 9.20 Å². The van der Waals surface area contributed by atoms with Crippen molar-refractivity contribution >= 4 is 11.6 Å². The highest BCUT2D eigenvalue weighted by molar-refractivity contribution is 5.94. The van der Waals surface area contributed by atoms with Crippen molar-refractivity contribution in [3.63, 3.8) is 0 Å². The van der Waals surface area contributed by atoms with Crippen molar-refractivity contribution in [3.05, 3.63) is 54.2 Å². The van der Waals surface area contributed by atoms with Gasteiger partial charge < -0.3 is 15.2 Å². The van der Waals surface area contributed by atoms with E-state index in [2.05, 4.69) is 10.3 Å². The lowest BCUT2D eigenvalue weighted by atomic mass is 9.93. The summed E-state index contributed by atoms with van der Waals surface area (Å²) in [5.41, 5.74) is 0.291. The summed E-state index contributed by atoms with van der Waals surface area (Å²) in [7, 11) is 0. The molecule has 6 nitrogen and oxygen atoms in total. The third-order valence-corrected chi connectivity index (χ3v) is 5.41. The first-order valence-electron chi connectivity index (χ1n) is 10.2. The van der Waals surface area contributed by atoms with Crippen LogP contribution >= 0.6 is 0 Å². The first kappa shape index (κ1) is 22.1. The van der Waals surface area contributed by atoms with E-state index in [0.29, 0.717) is 36.8 Å². The number of aliphatic hydroxyl groups is 1. The van der Waals surface area contributed by atoms with E-state index in [1.807, 2.05) is 0 Å². The molecule has 0 bridgehead atoms. The van der Waals surface area contributed by atoms with E-state index in [4.69, 9.17) is 4.74 Å². The van der Waals surface area contributed by atoms with Gasteiger partial charge >= 0.3 is 6.18 Å². The van der Waals surface area contributed by atoms with Gasteiger partial charge in [0.1, 0.15) is 11.4 Å². The Hall–Kier alpha value is -3.14. The Morgan fingerprint density at radius 1 is 1.12 bits per heavy atom. The van der Waals surface area contributed by atoms with Crippen LogP contribution in [0.15, 0.2) is 42.6 Å². The number of alkyl halides is 3. The SMILES string of the molecule is O=C(N[C@H]1CC[C@H](O)CC1)c1nc2c(-c3ccccc3OCC(F)(F)F)cccn2c1F. The predicted molar refractivity (Wildman–Crippen MR) is 108 cm³/mol. The third-order valence-electron chi connectivity index (χ3n) is 5.41. The Bertz CT molecular complexity index is 1120. The Kier molecular flexibility index (Phi) is 6.05. The number of para-hydroxylation sites is 1. The lowest BCUT2D eigenvalue weighted by Gasteiger charge is -2.25. The standard InChI is InChI=1S/C22H21F4N3O3/c23-19-18(21(31)27-13-7-9-14(30)10-8-13)28-20-16(5-3-11-29(19)20)15-4-1-2-6-17(15)32-12-22(24,25)26/h1-6,11,13-14,30H,7-10,12H2,(H,27,31)/t13-,14-. The van der Waals surface area contributed by atoms with Gasteiger partial charge in [0, 0.05) is 23.4 Å². The molecular formula is C22H21F4N3O3. The van der Waals surface area contributed by atoms with Crippen LogP contribution in [0.5, 0.6) is 5.75 Å². The van der Waals surface area contributed by atoms with Crippen molar-refractivity contribution < 1.29 is 32.2 Å². The zero-order valence-corrected chi connectivity index (χ0v) is 16.9. The van der Waals surface area contributed by atoms with Gasteiger partial charge in [0.05, 0.1) is 6.10 Å². The minimum atomic E-state index is -4.51. The number of ether oxygens (including phenoxy) is 1. The molecule has 0 aliphatic heterocycles. The van der Waals surface area contributed by atoms with Crippen LogP contribution in [0.2, 0.25) is 0 Å². The monoisotopic (exact) mass is 451 g/mol. The smallest absolute Gasteiger partial charge is 0.422 e. The van der Waals surface area contributed by atoms with Crippen LogP contribution < -0.4 is 10.1 Å². The van der Waals surface area contributed by atoms with Crippen molar-refractivity contribution in [2.45, 2.75) is 44.0 Å². The maximum Gasteiger partial charge on any atom is 0.422 e. The molecule has 0 saturated heterocycles. The van der Waals surface area contributed by atoms with E-state index < -0.39 is 36.4 Å². The average molecular weight is 451 g/mol. The van der Waals surface area contributed by atoms with Crippen molar-refractivity contribution in [2.75, 3.05) is 6.61 Å². The molecule has 0 radical (unpaired) electrons. The number of aliphatic hydroxyl groups excluding tert-OH is 1. The number of halogens is 4. The van der Waals surface area contributed by atoms with E-state index in [9.17, 15) is 23.1 Å². The first-order chi connectivity index (χ1) is 15.2. The summed E-state index contributed by atoms with van der Waals surface area (Å²) in [5, 5.41) is 12.3. The molecule has 32 heavy (non-hydrogen) atoms. The van der Waals surface area contributed by atoms with Crippen molar-refractivity contribution in [1.29, 1.82) is 0 Å². The predicted octanol–water partition coefficient (Wildman–Crippen LogP) is 4.11. The molecule has 10 heteroatoms. The van der Waals surface area contributed by atoms with E-state index in [-0.39, 0.29) is 17.4 Å². The number of carbonyl (C=O) groups is 1. The van der Waals surface area contributed by atoms with Crippen LogP contribution in [0.3, 0.4) is 0 Å². The number of hydrogen-bond acceptors (Lipinski definition) is 4. The summed E-state index contributed by atoms with van der Waals surface area (Å²) in [5.74, 6) is -1.59. The fraction of sp³-hybridized carbons (Fsp3) is 0.364. The maximum absolute atomic E-state index is 15.0. The summed E-state index contributed by atoms with van der Waals surface area (Å²) in [4.78, 5) is 16.8. The number of hydrogen-bond donors (Lipinski definition) is 2. The van der Waals surface area contributed by atoms with Gasteiger partial charge in [-0.05, 0) is 43.9 Å². The van der Waals surface area contributed by atoms with Crippen molar-refractivity contribution in [3.8, 4) is 16.9 Å². The number of rotatable bonds is 5. The minimum Gasteiger partial charge on any atom is -0.483 e. The highest BCUT2D eigenvalue weighted by Crippen LogP contribution is 2.34. The number of fused-ring (bicyclic) bond motifs is 1. The molecule has 1 fully saturated rings. The Morgan fingerprint density at radius 2 is 1.81 bits per heavy atom. The number of amides is 1. The highest BCUT2D eigenvalue weighted by Gasteiger charge is 2.29. The van der Waals surface area contributed by atoms with Crippen LogP contribution in [-0.2, 0) is 0 Å². The normalized spacial score (nSPS) is 19.2. The summed E-state index contributed by atoms with van der Waals surface area (Å²) < 4.78 is 59.0. The maximum atomic E-state index is 15.0. The Labute approximate surface area is 180 Å². The molecule has 4 rings (SSSR count). The van der Waals surface area contributed by atoms with Crippen LogP contribution in [0, 0.1) is 5.95 Å². The summed E-state index contributed by atoms with van der Waals surface area (Å²) >= 11 is 0. The number of nitrogens with zero attached hydrogens (tertiary/aromatic N) is 2. The van der Waals surface area contributed by atoms with Gasteiger partial charge in [0.2, 0.25) is 5.95 Å². The van der Waals surface area contributed by atoms with E-state index >= 15 is 4.39 Å². The van der Waals surface area contributed by atoms with E-state index in [1.54, 1.807) is 18.2 Å². The summed E-state index contributed by atoms with van der Waals surface area (Å²) in [6.45, 7) is -1.47. The van der Waals surface area contributed by atoms with Crippen LogP contribution in [-0.4, -0.2) is 45.3 Å². The molecule has 3 aromatic rings. The minimum absolute atomic E-state index is 0.0342. The van der Waals surface area contributed by atoms with Crippen LogP contribution in [0.1, 0.15) is 36.2 Å². The van der Waals surface area contributed by atoms with Gasteiger partial charge in [-0.1, -0.05) is 18.2 Å². The molecule has 1 aliphatic rings. The quantitative estimate of drug-likeness (QED) is 0.573. The second kappa shape index (κ2) is 8.78. The lowest BCUT2D eigenvalue weighted by molar-refractivity contribution is -0.153. The van der Waals surface area contributed by atoms with Gasteiger partial charge in [0.15, 0.2) is 12.3 Å². The van der Waals surface area contributed by atoms with E-state index in [1.165, 1.54) is 24.4 Å². The summed E-state index contributed by atoms with van der Waals surface area (Å²) in [6.07, 6.45) is -1.26. The Balaban J connectivity index is 1.66. The van der Waals surface area contributed by atoms with Gasteiger partial charge in [0.25, 0.3) is 5.91 Å². The lowest BCUT2D eigenvalue weighted by Crippen LogP contribution is -2.39. The molecule has 1 amide bonds. The molecule has 2 aromatic heterocycles. The molecule has 1 aromatic carbocycles. The molecule has 0 spiro atoms. The number of aromatic nitrogens is 2. The number of nitrogens with one attached hydrogen (secondary N) is 1. The molecule has 2 heterocycles. The number of pyridine rings is 1. The molecule has 1 aliphatic carbocycles. The zero-order valence-electron chi connectivity index (χ0n) is 16.9. The highest BCUT2D eigenvalue weighted by atomic mass is 19.4. The largest absolute Gasteiger partial charge is 0.483 e. The van der Waals surface area contributed by atoms with Gasteiger partial charge in [-0.25, -0.2) is 4.98 Å². The molecule has 1 saturated carbocycles. The summed E-state index contributed by atoms with van der Waals surface area (Å²) in [6, 6.07) is 8.96. The van der Waals surface area contributed by atoms with Crippen molar-refractivity contribution in [1.82, 2.24) is 14.7 Å².